The third-order valence-corrected chi connectivity index (χ3v) is 5.67. The number of hydrogen-bond acceptors (Lipinski definition) is 2. The molecular weight excluding hydrogens is 368 g/mol. The van der Waals surface area contributed by atoms with Gasteiger partial charge in [0.15, 0.2) is 5.71 Å². The van der Waals surface area contributed by atoms with E-state index in [4.69, 9.17) is 4.74 Å². The molecule has 1 heterocycles. The fourth-order valence-electron chi connectivity index (χ4n) is 3.76. The first-order valence-corrected chi connectivity index (χ1v) is 10.6. The van der Waals surface area contributed by atoms with Gasteiger partial charge in [0.25, 0.3) is 0 Å². The van der Waals surface area contributed by atoms with E-state index in [1.165, 1.54) is 22.5 Å². The lowest BCUT2D eigenvalue weighted by Crippen LogP contribution is -2.26. The minimum absolute atomic E-state index is 0.0349. The summed E-state index contributed by atoms with van der Waals surface area (Å²) in [6, 6.07) is 8.63. The Kier molecular flexibility index (Phi) is 7.66. The molecule has 3 heteroatoms. The van der Waals surface area contributed by atoms with Gasteiger partial charge in [-0.25, -0.2) is 0 Å². The monoisotopic (exact) mass is 405 g/mol. The molecule has 0 saturated heterocycles. The van der Waals surface area contributed by atoms with Gasteiger partial charge in [-0.3, -0.25) is 0 Å². The zero-order chi connectivity index (χ0) is 22.5. The summed E-state index contributed by atoms with van der Waals surface area (Å²) in [5.41, 5.74) is 5.97. The van der Waals surface area contributed by atoms with Gasteiger partial charge < -0.3 is 9.64 Å². The van der Waals surface area contributed by atoms with Crippen LogP contribution in [0.2, 0.25) is 0 Å². The lowest BCUT2D eigenvalue weighted by Gasteiger charge is -2.16. The van der Waals surface area contributed by atoms with Gasteiger partial charge >= 0.3 is 0 Å². The van der Waals surface area contributed by atoms with Gasteiger partial charge in [0.1, 0.15) is 18.6 Å². The highest BCUT2D eigenvalue weighted by molar-refractivity contribution is 6.03. The summed E-state index contributed by atoms with van der Waals surface area (Å²) in [7, 11) is 6.07. The number of para-hydroxylation sites is 1. The van der Waals surface area contributed by atoms with Crippen molar-refractivity contribution in [2.24, 2.45) is 0 Å². The van der Waals surface area contributed by atoms with Crippen molar-refractivity contribution in [3.63, 3.8) is 0 Å². The number of hydrogen-bond donors (Lipinski definition) is 0. The number of ether oxygens (including phenoxy) is 1. The van der Waals surface area contributed by atoms with Crippen molar-refractivity contribution >= 4 is 11.4 Å². The zero-order valence-electron chi connectivity index (χ0n) is 19.7. The van der Waals surface area contributed by atoms with Crippen LogP contribution >= 0.6 is 0 Å². The van der Waals surface area contributed by atoms with Crippen LogP contribution in [0.1, 0.15) is 46.1 Å². The molecule has 0 bridgehead atoms. The Balaban J connectivity index is 2.26. The molecule has 0 amide bonds. The normalized spacial score (nSPS) is 16.1. The molecule has 0 N–H and O–H groups in total. The zero-order valence-corrected chi connectivity index (χ0v) is 19.7. The predicted octanol–water partition coefficient (Wildman–Crippen LogP) is 6.48. The lowest BCUT2D eigenvalue weighted by atomic mass is 9.81. The van der Waals surface area contributed by atoms with Crippen molar-refractivity contribution in [3.05, 3.63) is 90.1 Å². The molecule has 1 aromatic carbocycles. The number of likely N-dealkylation sites (N-methyl/N-ethyl adjacent to an activating group) is 1. The Labute approximate surface area is 183 Å². The lowest BCUT2D eigenvalue weighted by molar-refractivity contribution is -0.401. The highest BCUT2D eigenvalue weighted by atomic mass is 16.5. The number of fused-ring (bicyclic) bond motifs is 1. The fraction of sp³-hybridized carbons (Fsp3) is 0.370. The van der Waals surface area contributed by atoms with Crippen molar-refractivity contribution in [1.29, 1.82) is 0 Å². The van der Waals surface area contributed by atoms with Crippen LogP contribution in [0.5, 0.6) is 0 Å². The second-order valence-corrected chi connectivity index (χ2v) is 8.54. The Morgan fingerprint density at radius 3 is 2.40 bits per heavy atom. The van der Waals surface area contributed by atoms with E-state index in [-0.39, 0.29) is 5.41 Å². The van der Waals surface area contributed by atoms with Gasteiger partial charge in [-0.05, 0) is 51.0 Å². The van der Waals surface area contributed by atoms with Crippen LogP contribution in [0.15, 0.2) is 84.5 Å². The van der Waals surface area contributed by atoms with Crippen molar-refractivity contribution < 1.29 is 9.31 Å². The largest absolute Gasteiger partial charge is 0.462 e. The van der Waals surface area contributed by atoms with Crippen LogP contribution in [0.3, 0.4) is 0 Å². The van der Waals surface area contributed by atoms with Crippen molar-refractivity contribution in [2.45, 2.75) is 46.0 Å². The van der Waals surface area contributed by atoms with Crippen molar-refractivity contribution in [1.82, 2.24) is 4.90 Å². The van der Waals surface area contributed by atoms with E-state index in [1.54, 1.807) is 0 Å². The molecule has 0 saturated carbocycles. The summed E-state index contributed by atoms with van der Waals surface area (Å²) in [5.74, 6) is 1.49. The van der Waals surface area contributed by atoms with E-state index < -0.39 is 0 Å². The van der Waals surface area contributed by atoms with E-state index in [1.807, 2.05) is 38.1 Å². The van der Waals surface area contributed by atoms with Crippen molar-refractivity contribution in [3.8, 4) is 0 Å². The summed E-state index contributed by atoms with van der Waals surface area (Å²) in [6.07, 6.45) is 10.2. The molecule has 0 spiro atoms. The topological polar surface area (TPSA) is 15.5 Å². The minimum atomic E-state index is -0.0349. The average Bonchev–Trinajstić information content (AvgIpc) is 2.89. The van der Waals surface area contributed by atoms with Crippen molar-refractivity contribution in [2.75, 3.05) is 21.1 Å². The smallest absolute Gasteiger partial charge is 0.209 e. The minimum Gasteiger partial charge on any atom is -0.462 e. The van der Waals surface area contributed by atoms with Gasteiger partial charge in [0.05, 0.1) is 5.41 Å². The van der Waals surface area contributed by atoms with Crippen LogP contribution in [-0.2, 0) is 10.2 Å². The van der Waals surface area contributed by atoms with E-state index in [0.29, 0.717) is 5.76 Å². The maximum absolute atomic E-state index is 6.02. The Morgan fingerprint density at radius 1 is 1.13 bits per heavy atom. The summed E-state index contributed by atoms with van der Waals surface area (Å²) in [6.45, 7) is 16.8. The number of rotatable bonds is 9. The molecule has 30 heavy (non-hydrogen) atoms. The highest BCUT2D eigenvalue weighted by Crippen LogP contribution is 2.39. The van der Waals surface area contributed by atoms with Crippen LogP contribution in [0.25, 0.3) is 0 Å². The summed E-state index contributed by atoms with van der Waals surface area (Å²) >= 11 is 0. The molecule has 1 aliphatic rings. The van der Waals surface area contributed by atoms with Crippen LogP contribution in [-0.4, -0.2) is 36.3 Å². The van der Waals surface area contributed by atoms with E-state index in [9.17, 15) is 0 Å². The number of allylic oxidation sites excluding steroid dienone is 6. The molecule has 0 radical (unpaired) electrons. The third-order valence-electron chi connectivity index (χ3n) is 5.67. The molecule has 0 fully saturated rings. The van der Waals surface area contributed by atoms with Gasteiger partial charge in [0, 0.05) is 37.5 Å². The molecule has 0 unspecified atom stereocenters. The first kappa shape index (κ1) is 23.5. The first-order chi connectivity index (χ1) is 14.1. The number of nitrogens with zero attached hydrogens (tertiary/aromatic N) is 2. The van der Waals surface area contributed by atoms with Gasteiger partial charge in [0.2, 0.25) is 5.69 Å². The van der Waals surface area contributed by atoms with E-state index in [2.05, 4.69) is 82.0 Å². The standard InChI is InChI=1S/C27H37N2O/c1-10-13-23(22(4)30-21(3)17-16-20(2)28(7)8)18-19-26-27(5,6)24-14-11-12-15-25(24)29(26)9/h11-12,14-19H,2-3,10,13H2,1,4-9H3/q+1. The van der Waals surface area contributed by atoms with Gasteiger partial charge in [-0.1, -0.05) is 44.7 Å². The van der Waals surface area contributed by atoms with E-state index >= 15 is 0 Å². The third kappa shape index (κ3) is 5.21. The summed E-state index contributed by atoms with van der Waals surface area (Å²) in [4.78, 5) is 1.95. The van der Waals surface area contributed by atoms with E-state index in [0.717, 1.165) is 24.3 Å². The van der Waals surface area contributed by atoms with Crippen LogP contribution < -0.4 is 0 Å². The quantitative estimate of drug-likeness (QED) is 0.265. The predicted molar refractivity (Wildman–Crippen MR) is 129 cm³/mol. The summed E-state index contributed by atoms with van der Waals surface area (Å²) < 4.78 is 8.31. The highest BCUT2D eigenvalue weighted by Gasteiger charge is 2.42. The van der Waals surface area contributed by atoms with Crippen LogP contribution in [0.4, 0.5) is 5.69 Å². The molecule has 2 rings (SSSR count). The molecule has 1 aliphatic heterocycles. The molecule has 0 atom stereocenters. The summed E-state index contributed by atoms with van der Waals surface area (Å²) in [5, 5.41) is 0. The van der Waals surface area contributed by atoms with Gasteiger partial charge in [-0.2, -0.15) is 4.58 Å². The molecule has 0 aliphatic carbocycles. The SMILES string of the molecule is C=C(C=CC(=C)N(C)C)OC(C)=C(C=CC1=[N+](C)c2ccccc2C1(C)C)CCC. The average molecular weight is 406 g/mol. The molecule has 1 aromatic rings. The Bertz CT molecular complexity index is 939. The second kappa shape index (κ2) is 9.80. The fourth-order valence-corrected chi connectivity index (χ4v) is 3.76. The van der Waals surface area contributed by atoms with Crippen LogP contribution in [0, 0.1) is 0 Å². The maximum atomic E-state index is 6.02. The second-order valence-electron chi connectivity index (χ2n) is 8.54. The molecular formula is C27H37N2O+. The van der Waals surface area contributed by atoms with Gasteiger partial charge in [-0.15, -0.1) is 0 Å². The first-order valence-electron chi connectivity index (χ1n) is 10.6. The Morgan fingerprint density at radius 2 is 1.80 bits per heavy atom. The molecule has 0 aromatic heterocycles. The maximum Gasteiger partial charge on any atom is 0.209 e. The molecule has 160 valence electrons. The Hall–Kier alpha value is -2.81. The number of benzene rings is 1. The molecule has 3 nitrogen and oxygen atoms in total.